The van der Waals surface area contributed by atoms with Crippen LogP contribution in [0.15, 0.2) is 24.3 Å². The molecule has 0 spiro atoms. The summed E-state index contributed by atoms with van der Waals surface area (Å²) in [4.78, 5) is 23.2. The molecule has 1 unspecified atom stereocenters. The van der Waals surface area contributed by atoms with E-state index in [2.05, 4.69) is 16.0 Å². The summed E-state index contributed by atoms with van der Waals surface area (Å²) in [5.74, 6) is -0.981. The average molecular weight is 265 g/mol. The first kappa shape index (κ1) is 13.5. The fourth-order valence-electron chi connectivity index (χ4n) is 1.96. The van der Waals surface area contributed by atoms with E-state index in [1.807, 2.05) is 0 Å². The number of rotatable bonds is 4. The van der Waals surface area contributed by atoms with Crippen molar-refractivity contribution in [2.75, 3.05) is 25.0 Å². The Morgan fingerprint density at radius 3 is 2.95 bits per heavy atom. The molecule has 2 amide bonds. The van der Waals surface area contributed by atoms with E-state index in [9.17, 15) is 14.0 Å². The summed E-state index contributed by atoms with van der Waals surface area (Å²) in [5.41, 5.74) is 0.377. The minimum atomic E-state index is -0.418. The minimum Gasteiger partial charge on any atom is -0.347 e. The third kappa shape index (κ3) is 4.03. The van der Waals surface area contributed by atoms with Gasteiger partial charge >= 0.3 is 0 Å². The van der Waals surface area contributed by atoms with Gasteiger partial charge in [-0.25, -0.2) is 4.39 Å². The average Bonchev–Trinajstić information content (AvgIpc) is 2.90. The molecule has 1 heterocycles. The number of benzene rings is 1. The lowest BCUT2D eigenvalue weighted by molar-refractivity contribution is -0.126. The van der Waals surface area contributed by atoms with Crippen molar-refractivity contribution < 1.29 is 14.0 Å². The molecule has 1 aromatic rings. The highest BCUT2D eigenvalue weighted by Crippen LogP contribution is 2.09. The van der Waals surface area contributed by atoms with E-state index >= 15 is 0 Å². The van der Waals surface area contributed by atoms with Gasteiger partial charge in [0, 0.05) is 12.2 Å². The van der Waals surface area contributed by atoms with Crippen LogP contribution >= 0.6 is 0 Å². The van der Waals surface area contributed by atoms with Gasteiger partial charge in [-0.3, -0.25) is 9.59 Å². The highest BCUT2D eigenvalue weighted by atomic mass is 19.1. The molecule has 1 fully saturated rings. The molecule has 1 aromatic carbocycles. The molecule has 19 heavy (non-hydrogen) atoms. The maximum Gasteiger partial charge on any atom is 0.243 e. The van der Waals surface area contributed by atoms with Crippen LogP contribution in [0.25, 0.3) is 0 Å². The van der Waals surface area contributed by atoms with Crippen LogP contribution in [0.2, 0.25) is 0 Å². The zero-order valence-electron chi connectivity index (χ0n) is 10.4. The summed E-state index contributed by atoms with van der Waals surface area (Å²) in [6.07, 6.45) is 0.789. The summed E-state index contributed by atoms with van der Waals surface area (Å²) in [6, 6.07) is 5.61. The van der Waals surface area contributed by atoms with E-state index in [4.69, 9.17) is 0 Å². The van der Waals surface area contributed by atoms with Crippen molar-refractivity contribution in [1.82, 2.24) is 10.6 Å². The van der Waals surface area contributed by atoms with Gasteiger partial charge in [-0.05, 0) is 31.2 Å². The molecule has 1 aliphatic heterocycles. The Morgan fingerprint density at radius 2 is 2.26 bits per heavy atom. The van der Waals surface area contributed by atoms with Gasteiger partial charge in [-0.2, -0.15) is 0 Å². The lowest BCUT2D eigenvalue weighted by atomic mass is 10.1. The Morgan fingerprint density at radius 1 is 1.42 bits per heavy atom. The molecule has 1 atom stereocenters. The first-order valence-corrected chi connectivity index (χ1v) is 6.19. The van der Waals surface area contributed by atoms with Crippen molar-refractivity contribution >= 4 is 17.5 Å². The SMILES string of the molecule is O=C(CNC(=O)C1CCNC1)Nc1cccc(F)c1. The van der Waals surface area contributed by atoms with E-state index in [0.29, 0.717) is 12.2 Å². The van der Waals surface area contributed by atoms with Crippen molar-refractivity contribution in [2.45, 2.75) is 6.42 Å². The van der Waals surface area contributed by atoms with Gasteiger partial charge in [-0.15, -0.1) is 0 Å². The Labute approximate surface area is 110 Å². The molecule has 3 N–H and O–H groups in total. The number of anilines is 1. The van der Waals surface area contributed by atoms with E-state index in [1.165, 1.54) is 18.2 Å². The van der Waals surface area contributed by atoms with Crippen LogP contribution in [0, 0.1) is 11.7 Å². The molecule has 1 saturated heterocycles. The monoisotopic (exact) mass is 265 g/mol. The predicted octanol–water partition coefficient (Wildman–Crippen LogP) is 0.490. The standard InChI is InChI=1S/C13H16FN3O2/c14-10-2-1-3-11(6-10)17-12(18)8-16-13(19)9-4-5-15-7-9/h1-3,6,9,15H,4-5,7-8H2,(H,16,19)(H,17,18). The second-order valence-corrected chi connectivity index (χ2v) is 4.47. The van der Waals surface area contributed by atoms with Crippen molar-refractivity contribution in [1.29, 1.82) is 0 Å². The lowest BCUT2D eigenvalue weighted by Crippen LogP contribution is -2.37. The van der Waals surface area contributed by atoms with Crippen molar-refractivity contribution in [2.24, 2.45) is 5.92 Å². The van der Waals surface area contributed by atoms with Crippen molar-refractivity contribution in [3.05, 3.63) is 30.1 Å². The van der Waals surface area contributed by atoms with Gasteiger partial charge in [0.2, 0.25) is 11.8 Å². The maximum absolute atomic E-state index is 12.9. The van der Waals surface area contributed by atoms with Crippen molar-refractivity contribution in [3.63, 3.8) is 0 Å². The molecular formula is C13H16FN3O2. The highest BCUT2D eigenvalue weighted by Gasteiger charge is 2.22. The third-order valence-corrected chi connectivity index (χ3v) is 2.96. The smallest absolute Gasteiger partial charge is 0.243 e. The van der Waals surface area contributed by atoms with Gasteiger partial charge in [0.1, 0.15) is 5.82 Å². The van der Waals surface area contributed by atoms with E-state index < -0.39 is 5.82 Å². The molecule has 1 aliphatic rings. The number of carbonyl (C=O) groups is 2. The molecule has 102 valence electrons. The largest absolute Gasteiger partial charge is 0.347 e. The number of hydrogen-bond acceptors (Lipinski definition) is 3. The van der Waals surface area contributed by atoms with E-state index in [1.54, 1.807) is 6.07 Å². The molecule has 0 aromatic heterocycles. The van der Waals surface area contributed by atoms with Crippen LogP contribution in [0.5, 0.6) is 0 Å². The van der Waals surface area contributed by atoms with Gasteiger partial charge in [0.25, 0.3) is 0 Å². The van der Waals surface area contributed by atoms with Crippen LogP contribution < -0.4 is 16.0 Å². The second-order valence-electron chi connectivity index (χ2n) is 4.47. The van der Waals surface area contributed by atoms with E-state index in [0.717, 1.165) is 13.0 Å². The molecule has 2 rings (SSSR count). The Hall–Kier alpha value is -1.95. The van der Waals surface area contributed by atoms with E-state index in [-0.39, 0.29) is 24.3 Å². The summed E-state index contributed by atoms with van der Waals surface area (Å²) < 4.78 is 12.9. The molecule has 5 nitrogen and oxygen atoms in total. The molecule has 0 bridgehead atoms. The number of nitrogens with one attached hydrogen (secondary N) is 3. The van der Waals surface area contributed by atoms with Crippen LogP contribution in [-0.2, 0) is 9.59 Å². The lowest BCUT2D eigenvalue weighted by Gasteiger charge is -2.10. The number of halogens is 1. The van der Waals surface area contributed by atoms with Crippen LogP contribution in [0.3, 0.4) is 0 Å². The van der Waals surface area contributed by atoms with Crippen LogP contribution in [-0.4, -0.2) is 31.4 Å². The summed E-state index contributed by atoms with van der Waals surface area (Å²) in [7, 11) is 0. The Bertz CT molecular complexity index is 473. The van der Waals surface area contributed by atoms with Crippen LogP contribution in [0.4, 0.5) is 10.1 Å². The van der Waals surface area contributed by atoms with Gasteiger partial charge in [0.05, 0.1) is 12.5 Å². The third-order valence-electron chi connectivity index (χ3n) is 2.96. The fraction of sp³-hybridized carbons (Fsp3) is 0.385. The zero-order chi connectivity index (χ0) is 13.7. The molecule has 6 heteroatoms. The molecule has 0 saturated carbocycles. The second kappa shape index (κ2) is 6.29. The first-order chi connectivity index (χ1) is 9.15. The number of carbonyl (C=O) groups excluding carboxylic acids is 2. The van der Waals surface area contributed by atoms with Gasteiger partial charge in [0.15, 0.2) is 0 Å². The first-order valence-electron chi connectivity index (χ1n) is 6.19. The molecule has 0 aliphatic carbocycles. The Kier molecular flexibility index (Phi) is 4.46. The van der Waals surface area contributed by atoms with Crippen molar-refractivity contribution in [3.8, 4) is 0 Å². The summed E-state index contributed by atoms with van der Waals surface area (Å²) in [6.45, 7) is 1.37. The fourth-order valence-corrected chi connectivity index (χ4v) is 1.96. The molecule has 0 radical (unpaired) electrons. The summed E-state index contributed by atoms with van der Waals surface area (Å²) >= 11 is 0. The number of amides is 2. The Balaban J connectivity index is 1.76. The minimum absolute atomic E-state index is 0.0676. The number of hydrogen-bond donors (Lipinski definition) is 3. The highest BCUT2D eigenvalue weighted by molar-refractivity contribution is 5.94. The molecular weight excluding hydrogens is 249 g/mol. The van der Waals surface area contributed by atoms with Gasteiger partial charge in [-0.1, -0.05) is 6.07 Å². The topological polar surface area (TPSA) is 70.2 Å². The normalized spacial score (nSPS) is 18.1. The quantitative estimate of drug-likeness (QED) is 0.742. The predicted molar refractivity (Wildman–Crippen MR) is 69.0 cm³/mol. The zero-order valence-corrected chi connectivity index (χ0v) is 10.4. The van der Waals surface area contributed by atoms with Crippen LogP contribution in [0.1, 0.15) is 6.42 Å². The van der Waals surface area contributed by atoms with Gasteiger partial charge < -0.3 is 16.0 Å². The summed E-state index contributed by atoms with van der Waals surface area (Å²) in [5, 5.41) is 8.18. The maximum atomic E-state index is 12.9.